The van der Waals surface area contributed by atoms with Crippen LogP contribution in [0.25, 0.3) is 0 Å². The molecule has 8 heteroatoms. The van der Waals surface area contributed by atoms with E-state index in [0.717, 1.165) is 5.75 Å². The molecule has 0 aliphatic heterocycles. The van der Waals surface area contributed by atoms with Gasteiger partial charge in [0.2, 0.25) is 5.95 Å². The lowest BCUT2D eigenvalue weighted by atomic mass is 10.3. The van der Waals surface area contributed by atoms with Gasteiger partial charge in [-0.25, -0.2) is 9.97 Å². The van der Waals surface area contributed by atoms with Crippen LogP contribution in [0.5, 0.6) is 11.5 Å². The van der Waals surface area contributed by atoms with Crippen LogP contribution in [0.4, 0.5) is 5.95 Å². The summed E-state index contributed by atoms with van der Waals surface area (Å²) < 4.78 is 10.5. The number of ether oxygens (including phenoxy) is 2. The van der Waals surface area contributed by atoms with E-state index in [0.29, 0.717) is 5.75 Å². The quantitative estimate of drug-likeness (QED) is 0.598. The van der Waals surface area contributed by atoms with Gasteiger partial charge in [-0.2, -0.15) is 0 Å². The van der Waals surface area contributed by atoms with Crippen molar-refractivity contribution in [1.82, 2.24) is 15.3 Å². The van der Waals surface area contributed by atoms with Gasteiger partial charge in [-0.1, -0.05) is 0 Å². The van der Waals surface area contributed by atoms with Crippen molar-refractivity contribution in [2.24, 2.45) is 0 Å². The van der Waals surface area contributed by atoms with Crippen LogP contribution >= 0.6 is 0 Å². The van der Waals surface area contributed by atoms with Gasteiger partial charge in [0.05, 0.1) is 13.7 Å². The van der Waals surface area contributed by atoms with E-state index in [9.17, 15) is 9.59 Å². The van der Waals surface area contributed by atoms with Gasteiger partial charge in [0.15, 0.2) is 0 Å². The van der Waals surface area contributed by atoms with Crippen molar-refractivity contribution in [2.75, 3.05) is 25.6 Å². The van der Waals surface area contributed by atoms with Crippen LogP contribution in [0.3, 0.4) is 0 Å². The van der Waals surface area contributed by atoms with Gasteiger partial charge in [-0.15, -0.1) is 0 Å². The number of nitrogens with zero attached hydrogens (tertiary/aromatic N) is 2. The Bertz CT molecular complexity index is 646. The van der Waals surface area contributed by atoms with E-state index in [1.807, 2.05) is 0 Å². The molecule has 1 aromatic carbocycles. The first-order valence-corrected chi connectivity index (χ1v) is 6.82. The summed E-state index contributed by atoms with van der Waals surface area (Å²) in [5.41, 5.74) is 0. The van der Waals surface area contributed by atoms with Crippen molar-refractivity contribution >= 4 is 17.8 Å². The fraction of sp³-hybridized carbons (Fsp3) is 0.200. The number of carbonyl (C=O) groups is 2. The minimum absolute atomic E-state index is 0.0714. The Morgan fingerprint density at radius 2 is 1.70 bits per heavy atom. The fourth-order valence-corrected chi connectivity index (χ4v) is 1.61. The lowest BCUT2D eigenvalue weighted by molar-refractivity contribution is -0.136. The molecular formula is C15H16N4O4. The number of carbonyl (C=O) groups excluding carboxylic acids is 2. The third-order valence-corrected chi connectivity index (χ3v) is 2.71. The molecule has 0 atom stereocenters. The molecule has 0 unspecified atom stereocenters. The summed E-state index contributed by atoms with van der Waals surface area (Å²) in [5, 5.41) is 4.72. The molecule has 2 aromatic rings. The summed E-state index contributed by atoms with van der Waals surface area (Å²) in [6.07, 6.45) is 2.92. The number of nitrogens with one attached hydrogen (secondary N) is 2. The van der Waals surface area contributed by atoms with Crippen LogP contribution in [0.2, 0.25) is 0 Å². The van der Waals surface area contributed by atoms with Crippen LogP contribution in [0.1, 0.15) is 0 Å². The smallest absolute Gasteiger partial charge is 0.316 e. The molecule has 2 amide bonds. The molecule has 120 valence electrons. The topological polar surface area (TPSA) is 102 Å². The van der Waals surface area contributed by atoms with Crippen molar-refractivity contribution in [1.29, 1.82) is 0 Å². The van der Waals surface area contributed by atoms with Crippen LogP contribution in [0.15, 0.2) is 42.7 Å². The summed E-state index contributed by atoms with van der Waals surface area (Å²) in [4.78, 5) is 30.8. The van der Waals surface area contributed by atoms with Gasteiger partial charge in [0, 0.05) is 12.4 Å². The Morgan fingerprint density at radius 3 is 2.35 bits per heavy atom. The molecule has 0 radical (unpaired) electrons. The van der Waals surface area contributed by atoms with Crippen molar-refractivity contribution in [2.45, 2.75) is 0 Å². The lowest BCUT2D eigenvalue weighted by Crippen LogP contribution is -2.37. The molecule has 8 nitrogen and oxygen atoms in total. The van der Waals surface area contributed by atoms with Gasteiger partial charge in [0.1, 0.15) is 18.1 Å². The Balaban J connectivity index is 1.68. The van der Waals surface area contributed by atoms with Crippen molar-refractivity contribution < 1.29 is 19.1 Å². The summed E-state index contributed by atoms with van der Waals surface area (Å²) >= 11 is 0. The number of hydrogen-bond donors (Lipinski definition) is 2. The first-order valence-electron chi connectivity index (χ1n) is 6.82. The average Bonchev–Trinajstić information content (AvgIpc) is 2.60. The molecule has 2 N–H and O–H groups in total. The summed E-state index contributed by atoms with van der Waals surface area (Å²) in [5.74, 6) is -0.175. The zero-order valence-electron chi connectivity index (χ0n) is 12.5. The summed E-state index contributed by atoms with van der Waals surface area (Å²) in [6, 6.07) is 8.63. The molecular weight excluding hydrogens is 300 g/mol. The van der Waals surface area contributed by atoms with E-state index in [1.54, 1.807) is 37.4 Å². The van der Waals surface area contributed by atoms with E-state index in [-0.39, 0.29) is 19.1 Å². The van der Waals surface area contributed by atoms with Gasteiger partial charge in [-0.3, -0.25) is 14.9 Å². The second kappa shape index (κ2) is 8.32. The SMILES string of the molecule is COc1ccc(OCCNC(=O)C(=O)Nc2ncccn2)cc1. The van der Waals surface area contributed by atoms with E-state index in [4.69, 9.17) is 9.47 Å². The molecule has 0 spiro atoms. The van der Waals surface area contributed by atoms with E-state index < -0.39 is 11.8 Å². The molecule has 0 bridgehead atoms. The molecule has 0 aliphatic carbocycles. The maximum absolute atomic E-state index is 11.6. The highest BCUT2D eigenvalue weighted by Crippen LogP contribution is 2.16. The highest BCUT2D eigenvalue weighted by molar-refractivity contribution is 6.39. The Morgan fingerprint density at radius 1 is 1.04 bits per heavy atom. The molecule has 1 heterocycles. The zero-order valence-corrected chi connectivity index (χ0v) is 12.5. The van der Waals surface area contributed by atoms with Gasteiger partial charge in [-0.05, 0) is 30.3 Å². The molecule has 0 aliphatic rings. The minimum atomic E-state index is -0.833. The second-order valence-electron chi connectivity index (χ2n) is 4.31. The number of anilines is 1. The summed E-state index contributed by atoms with van der Waals surface area (Å²) in [7, 11) is 1.58. The van der Waals surface area contributed by atoms with Gasteiger partial charge < -0.3 is 14.8 Å². The van der Waals surface area contributed by atoms with Crippen LogP contribution < -0.4 is 20.1 Å². The van der Waals surface area contributed by atoms with Crippen molar-refractivity contribution in [3.63, 3.8) is 0 Å². The highest BCUT2D eigenvalue weighted by Gasteiger charge is 2.13. The van der Waals surface area contributed by atoms with Gasteiger partial charge >= 0.3 is 11.8 Å². The maximum atomic E-state index is 11.6. The largest absolute Gasteiger partial charge is 0.497 e. The van der Waals surface area contributed by atoms with Gasteiger partial charge in [0.25, 0.3) is 0 Å². The molecule has 1 aromatic heterocycles. The van der Waals surface area contributed by atoms with Crippen LogP contribution in [0, 0.1) is 0 Å². The zero-order chi connectivity index (χ0) is 16.5. The molecule has 2 rings (SSSR count). The molecule has 0 fully saturated rings. The number of hydrogen-bond acceptors (Lipinski definition) is 6. The Kier molecular flexibility index (Phi) is 5.87. The number of aromatic nitrogens is 2. The first-order chi connectivity index (χ1) is 11.2. The molecule has 0 saturated heterocycles. The standard InChI is InChI=1S/C15H16N4O4/c1-22-11-3-5-12(6-4-11)23-10-9-16-13(20)14(21)19-15-17-7-2-8-18-15/h2-8H,9-10H2,1H3,(H,16,20)(H,17,18,19,21). The second-order valence-corrected chi connectivity index (χ2v) is 4.31. The number of rotatable bonds is 6. The van der Waals surface area contributed by atoms with Crippen LogP contribution in [-0.2, 0) is 9.59 Å². The lowest BCUT2D eigenvalue weighted by Gasteiger charge is -2.08. The normalized spacial score (nSPS) is 9.78. The highest BCUT2D eigenvalue weighted by atomic mass is 16.5. The predicted molar refractivity (Wildman–Crippen MR) is 82.2 cm³/mol. The maximum Gasteiger partial charge on any atom is 0.316 e. The molecule has 0 saturated carbocycles. The van der Waals surface area contributed by atoms with Crippen LogP contribution in [-0.4, -0.2) is 42.0 Å². The Labute approximate surface area is 132 Å². The monoisotopic (exact) mass is 316 g/mol. The number of benzene rings is 1. The van der Waals surface area contributed by atoms with Crippen molar-refractivity contribution in [3.8, 4) is 11.5 Å². The Hall–Kier alpha value is -3.16. The first kappa shape index (κ1) is 16.2. The average molecular weight is 316 g/mol. The number of methoxy groups -OCH3 is 1. The third kappa shape index (κ3) is 5.27. The van der Waals surface area contributed by atoms with Crippen molar-refractivity contribution in [3.05, 3.63) is 42.7 Å². The van der Waals surface area contributed by atoms with E-state index in [2.05, 4.69) is 20.6 Å². The molecule has 23 heavy (non-hydrogen) atoms. The third-order valence-electron chi connectivity index (χ3n) is 2.71. The van der Waals surface area contributed by atoms with E-state index in [1.165, 1.54) is 12.4 Å². The number of amides is 2. The predicted octanol–water partition coefficient (Wildman–Crippen LogP) is 0.619. The van der Waals surface area contributed by atoms with E-state index >= 15 is 0 Å². The fourth-order valence-electron chi connectivity index (χ4n) is 1.61. The summed E-state index contributed by atoms with van der Waals surface area (Å²) in [6.45, 7) is 0.418. The minimum Gasteiger partial charge on any atom is -0.497 e.